The van der Waals surface area contributed by atoms with Crippen LogP contribution in [0.1, 0.15) is 48.9 Å². The Balaban J connectivity index is 1.80. The second-order valence-corrected chi connectivity index (χ2v) is 10.7. The summed E-state index contributed by atoms with van der Waals surface area (Å²) in [5.41, 5.74) is 0.480. The highest BCUT2D eigenvalue weighted by molar-refractivity contribution is 9.10. The van der Waals surface area contributed by atoms with Crippen LogP contribution in [0.15, 0.2) is 58.0 Å². The first-order valence-electron chi connectivity index (χ1n) is 12.3. The van der Waals surface area contributed by atoms with Crippen LogP contribution in [0.4, 0.5) is 24.5 Å². The molecular weight excluding hydrogens is 617 g/mol. The van der Waals surface area contributed by atoms with E-state index in [0.29, 0.717) is 50.3 Å². The molecular formula is C26H28BrF3N4O5S. The highest BCUT2D eigenvalue weighted by atomic mass is 79.9. The monoisotopic (exact) mass is 644 g/mol. The van der Waals surface area contributed by atoms with E-state index in [1.807, 2.05) is 17.1 Å². The van der Waals surface area contributed by atoms with Crippen LogP contribution < -0.4 is 14.4 Å². The molecule has 0 aliphatic heterocycles. The Kier molecular flexibility index (Phi) is 11.1. The summed E-state index contributed by atoms with van der Waals surface area (Å²) in [6, 6.07) is 11.7. The van der Waals surface area contributed by atoms with Gasteiger partial charge in [0.15, 0.2) is 11.0 Å². The Morgan fingerprint density at radius 2 is 1.85 bits per heavy atom. The zero-order chi connectivity index (χ0) is 29.3. The number of hydrogen-bond acceptors (Lipinski definition) is 6. The first-order valence-corrected chi connectivity index (χ1v) is 14.2. The van der Waals surface area contributed by atoms with Gasteiger partial charge in [-0.15, -0.1) is 0 Å². The van der Waals surface area contributed by atoms with Crippen molar-refractivity contribution >= 4 is 50.2 Å². The number of rotatable bonds is 13. The maximum absolute atomic E-state index is 13.9. The Morgan fingerprint density at radius 1 is 1.12 bits per heavy atom. The van der Waals surface area contributed by atoms with Crippen LogP contribution in [0.3, 0.4) is 0 Å². The normalized spacial score (nSPS) is 12.1. The molecule has 0 fully saturated rings. The standard InChI is InChI=1S/C26H28BrF3N4O5S/c1-3-39-23(35)7-5-4-6-14-34(19-11-8-17(27)9-12-19)40(37)22-15-18(10-13-21(22)38-2)32-24(36)20-16-31-25(33-20)26(28,29)30/h8-13,15-16H,3-7,14H2,1-2H3,(H,31,33)(H,32,36). The Labute approximate surface area is 240 Å². The number of imidazole rings is 1. The molecule has 0 aliphatic rings. The summed E-state index contributed by atoms with van der Waals surface area (Å²) in [5.74, 6) is -2.11. The number of amides is 1. The van der Waals surface area contributed by atoms with Crippen LogP contribution in [-0.4, -0.2) is 46.3 Å². The zero-order valence-electron chi connectivity index (χ0n) is 21.7. The summed E-state index contributed by atoms with van der Waals surface area (Å²) in [7, 11) is -0.390. The van der Waals surface area contributed by atoms with Gasteiger partial charge in [-0.1, -0.05) is 22.4 Å². The molecule has 0 radical (unpaired) electrons. The summed E-state index contributed by atoms with van der Waals surface area (Å²) >= 11 is 3.39. The van der Waals surface area contributed by atoms with Gasteiger partial charge in [0.2, 0.25) is 5.82 Å². The number of carbonyl (C=O) groups is 2. The van der Waals surface area contributed by atoms with E-state index in [4.69, 9.17) is 9.47 Å². The Hall–Kier alpha value is -3.39. The number of H-pyrrole nitrogens is 1. The number of alkyl halides is 3. The first-order chi connectivity index (χ1) is 19.0. The molecule has 0 bridgehead atoms. The predicted molar refractivity (Wildman–Crippen MR) is 148 cm³/mol. The maximum atomic E-state index is 13.9. The number of carbonyl (C=O) groups excluding carboxylic acids is 2. The fraction of sp³-hybridized carbons (Fsp3) is 0.346. The number of aromatic nitrogens is 2. The topological polar surface area (TPSA) is 114 Å². The molecule has 0 saturated heterocycles. The molecule has 14 heteroatoms. The molecule has 0 spiro atoms. The molecule has 0 aliphatic carbocycles. The molecule has 1 unspecified atom stereocenters. The van der Waals surface area contributed by atoms with Gasteiger partial charge >= 0.3 is 12.1 Å². The molecule has 1 atom stereocenters. The van der Waals surface area contributed by atoms with Gasteiger partial charge in [-0.2, -0.15) is 13.2 Å². The zero-order valence-corrected chi connectivity index (χ0v) is 24.1. The van der Waals surface area contributed by atoms with Crippen molar-refractivity contribution in [1.82, 2.24) is 9.97 Å². The minimum atomic E-state index is -4.72. The molecule has 9 nitrogen and oxygen atoms in total. The smallest absolute Gasteiger partial charge is 0.449 e. The highest BCUT2D eigenvalue weighted by Crippen LogP contribution is 2.31. The van der Waals surface area contributed by atoms with E-state index in [2.05, 4.69) is 26.2 Å². The van der Waals surface area contributed by atoms with E-state index in [1.54, 1.807) is 23.4 Å². The number of nitrogens with one attached hydrogen (secondary N) is 2. The number of nitrogens with zero attached hydrogens (tertiary/aromatic N) is 2. The number of hydrogen-bond donors (Lipinski definition) is 2. The van der Waals surface area contributed by atoms with Crippen LogP contribution >= 0.6 is 15.9 Å². The van der Waals surface area contributed by atoms with Gasteiger partial charge in [-0.3, -0.25) is 13.9 Å². The molecule has 1 amide bonds. The van der Waals surface area contributed by atoms with Crippen molar-refractivity contribution in [1.29, 1.82) is 0 Å². The highest BCUT2D eigenvalue weighted by Gasteiger charge is 2.35. The number of anilines is 2. The number of halogens is 4. The third-order valence-corrected chi connectivity index (χ3v) is 7.58. The molecule has 0 saturated carbocycles. The second kappa shape index (κ2) is 14.3. The van der Waals surface area contributed by atoms with Crippen molar-refractivity contribution in [2.45, 2.75) is 43.7 Å². The molecule has 3 rings (SSSR count). The fourth-order valence-corrected chi connectivity index (χ4v) is 5.30. The molecule has 1 heterocycles. The lowest BCUT2D eigenvalue weighted by atomic mass is 10.2. The van der Waals surface area contributed by atoms with Crippen molar-refractivity contribution < 1.29 is 36.4 Å². The van der Waals surface area contributed by atoms with E-state index in [-0.39, 0.29) is 22.2 Å². The number of methoxy groups -OCH3 is 1. The van der Waals surface area contributed by atoms with E-state index in [0.717, 1.165) is 10.7 Å². The number of aromatic amines is 1. The van der Waals surface area contributed by atoms with Crippen LogP contribution in [-0.2, 0) is 26.7 Å². The van der Waals surface area contributed by atoms with Crippen molar-refractivity contribution in [2.24, 2.45) is 0 Å². The molecule has 2 aromatic carbocycles. The molecule has 1 aromatic heterocycles. The van der Waals surface area contributed by atoms with Gasteiger partial charge in [-0.05, 0) is 62.2 Å². The van der Waals surface area contributed by atoms with Crippen molar-refractivity contribution in [3.8, 4) is 5.75 Å². The minimum absolute atomic E-state index is 0.197. The Morgan fingerprint density at radius 3 is 2.48 bits per heavy atom. The van der Waals surface area contributed by atoms with Gasteiger partial charge < -0.3 is 19.8 Å². The summed E-state index contributed by atoms with van der Waals surface area (Å²) in [6.45, 7) is 2.46. The lowest BCUT2D eigenvalue weighted by Crippen LogP contribution is -2.27. The number of esters is 1. The Bertz CT molecular complexity index is 1330. The third kappa shape index (κ3) is 8.55. The maximum Gasteiger partial charge on any atom is 0.449 e. The summed E-state index contributed by atoms with van der Waals surface area (Å²) < 4.78 is 65.3. The molecule has 40 heavy (non-hydrogen) atoms. The fourth-order valence-electron chi connectivity index (χ4n) is 3.64. The summed E-state index contributed by atoms with van der Waals surface area (Å²) in [4.78, 5) is 29.6. The largest absolute Gasteiger partial charge is 0.495 e. The van der Waals surface area contributed by atoms with E-state index in [1.165, 1.54) is 25.3 Å². The van der Waals surface area contributed by atoms with Crippen LogP contribution in [0, 0.1) is 0 Å². The van der Waals surface area contributed by atoms with E-state index >= 15 is 0 Å². The van der Waals surface area contributed by atoms with Crippen molar-refractivity contribution in [3.63, 3.8) is 0 Å². The summed E-state index contributed by atoms with van der Waals surface area (Å²) in [6.07, 6.45) is -1.70. The molecule has 216 valence electrons. The third-order valence-electron chi connectivity index (χ3n) is 5.56. The summed E-state index contributed by atoms with van der Waals surface area (Å²) in [5, 5.41) is 2.50. The van der Waals surface area contributed by atoms with Gasteiger partial charge in [0.05, 0.1) is 19.9 Å². The van der Waals surface area contributed by atoms with Gasteiger partial charge in [0, 0.05) is 28.8 Å². The predicted octanol–water partition coefficient (Wildman–Crippen LogP) is 6.10. The van der Waals surface area contributed by atoms with E-state index < -0.39 is 28.9 Å². The van der Waals surface area contributed by atoms with Crippen LogP contribution in [0.5, 0.6) is 5.75 Å². The quantitative estimate of drug-likeness (QED) is 0.172. The second-order valence-electron chi connectivity index (χ2n) is 8.41. The molecule has 3 aromatic rings. The van der Waals surface area contributed by atoms with Crippen molar-refractivity contribution in [2.75, 3.05) is 29.9 Å². The average Bonchev–Trinajstić information content (AvgIpc) is 3.43. The van der Waals surface area contributed by atoms with Crippen LogP contribution in [0.2, 0.25) is 0 Å². The molecule has 2 N–H and O–H groups in total. The SMILES string of the molecule is CCOC(=O)CCCCCN(c1ccc(Br)cc1)S(=O)c1cc(NC(=O)c2cnc(C(F)(F)F)[nH]2)ccc1OC. The first kappa shape index (κ1) is 31.1. The van der Waals surface area contributed by atoms with Gasteiger partial charge in [0.25, 0.3) is 5.91 Å². The van der Waals surface area contributed by atoms with Gasteiger partial charge in [-0.25, -0.2) is 9.19 Å². The van der Waals surface area contributed by atoms with Crippen molar-refractivity contribution in [3.05, 3.63) is 64.7 Å². The average molecular weight is 645 g/mol. The number of benzene rings is 2. The lowest BCUT2D eigenvalue weighted by Gasteiger charge is -2.25. The minimum Gasteiger partial charge on any atom is -0.495 e. The van der Waals surface area contributed by atoms with E-state index in [9.17, 15) is 27.0 Å². The lowest BCUT2D eigenvalue weighted by molar-refractivity contribution is -0.144. The number of unbranched alkanes of at least 4 members (excludes halogenated alkanes) is 2. The van der Waals surface area contributed by atoms with Gasteiger partial charge in [0.1, 0.15) is 16.3 Å². The van der Waals surface area contributed by atoms with Crippen LogP contribution in [0.25, 0.3) is 0 Å². The number of ether oxygens (including phenoxy) is 2.